The first kappa shape index (κ1) is 12.6. The van der Waals surface area contributed by atoms with Crippen LogP contribution in [-0.4, -0.2) is 31.1 Å². The smallest absolute Gasteiger partial charge is 0.211 e. The molecule has 1 aromatic carbocycles. The Kier molecular flexibility index (Phi) is 3.04. The maximum atomic E-state index is 11.8. The Morgan fingerprint density at radius 3 is 2.29 bits per heavy atom. The Morgan fingerprint density at radius 1 is 1.24 bits per heavy atom. The van der Waals surface area contributed by atoms with E-state index in [1.165, 1.54) is 11.8 Å². The van der Waals surface area contributed by atoms with Crippen LogP contribution in [-0.2, 0) is 10.0 Å². The van der Waals surface area contributed by atoms with Gasteiger partial charge in [-0.15, -0.1) is 0 Å². The molecule has 1 heterocycles. The summed E-state index contributed by atoms with van der Waals surface area (Å²) in [5, 5.41) is 0. The monoisotopic (exact) mass is 253 g/mol. The van der Waals surface area contributed by atoms with Gasteiger partial charge in [0.2, 0.25) is 10.0 Å². The van der Waals surface area contributed by atoms with Crippen LogP contribution in [0.1, 0.15) is 31.7 Å². The fraction of sp³-hybridized carbons (Fsp3) is 0.538. The Morgan fingerprint density at radius 2 is 1.82 bits per heavy atom. The molecule has 0 N–H and O–H groups in total. The average molecular weight is 253 g/mol. The Hall–Kier alpha value is -0.870. The van der Waals surface area contributed by atoms with Crippen molar-refractivity contribution < 1.29 is 8.42 Å². The zero-order chi connectivity index (χ0) is 12.7. The van der Waals surface area contributed by atoms with E-state index in [1.54, 1.807) is 4.31 Å². The Bertz CT molecular complexity index is 493. The molecular weight excluding hydrogens is 234 g/mol. The summed E-state index contributed by atoms with van der Waals surface area (Å²) in [7, 11) is -3.12. The number of sulfonamides is 1. The van der Waals surface area contributed by atoms with Gasteiger partial charge in [0.15, 0.2) is 0 Å². The molecule has 0 spiro atoms. The minimum atomic E-state index is -3.12. The van der Waals surface area contributed by atoms with Gasteiger partial charge < -0.3 is 0 Å². The minimum Gasteiger partial charge on any atom is -0.212 e. The molecule has 4 heteroatoms. The van der Waals surface area contributed by atoms with E-state index in [0.29, 0.717) is 12.5 Å². The molecule has 0 saturated carbocycles. The van der Waals surface area contributed by atoms with Gasteiger partial charge in [0.25, 0.3) is 0 Å². The second-order valence-electron chi connectivity index (χ2n) is 5.42. The van der Waals surface area contributed by atoms with Gasteiger partial charge in [-0.3, -0.25) is 0 Å². The van der Waals surface area contributed by atoms with Crippen molar-refractivity contribution in [2.24, 2.45) is 0 Å². The molecule has 1 aliphatic heterocycles. The summed E-state index contributed by atoms with van der Waals surface area (Å²) in [6.07, 6.45) is 2.17. The lowest BCUT2D eigenvalue weighted by molar-refractivity contribution is 0.294. The molecule has 0 amide bonds. The first-order valence-electron chi connectivity index (χ1n) is 5.83. The van der Waals surface area contributed by atoms with Crippen molar-refractivity contribution in [2.75, 3.05) is 12.8 Å². The van der Waals surface area contributed by atoms with Gasteiger partial charge in [-0.2, -0.15) is 4.31 Å². The SMILES string of the molecule is CC1(C)CC(c2ccccc2)CN1S(C)(=O)=O. The van der Waals surface area contributed by atoms with Crippen molar-refractivity contribution >= 4 is 10.0 Å². The molecule has 17 heavy (non-hydrogen) atoms. The molecule has 2 rings (SSSR count). The van der Waals surface area contributed by atoms with Gasteiger partial charge >= 0.3 is 0 Å². The largest absolute Gasteiger partial charge is 0.212 e. The standard InChI is InChI=1S/C13H19NO2S/c1-13(2)9-12(10-14(13)17(3,15)16)11-7-5-4-6-8-11/h4-8,12H,9-10H2,1-3H3. The number of benzene rings is 1. The summed E-state index contributed by atoms with van der Waals surface area (Å²) in [5.74, 6) is 0.306. The third kappa shape index (κ3) is 2.53. The second-order valence-corrected chi connectivity index (χ2v) is 7.33. The third-order valence-electron chi connectivity index (χ3n) is 3.48. The third-order valence-corrected chi connectivity index (χ3v) is 4.92. The minimum absolute atomic E-state index is 0.284. The summed E-state index contributed by atoms with van der Waals surface area (Å²) in [6.45, 7) is 4.59. The van der Waals surface area contributed by atoms with Crippen LogP contribution in [0.4, 0.5) is 0 Å². The fourth-order valence-corrected chi connectivity index (χ4v) is 4.17. The first-order valence-corrected chi connectivity index (χ1v) is 7.68. The molecule has 0 radical (unpaired) electrons. The lowest BCUT2D eigenvalue weighted by Gasteiger charge is -2.28. The molecule has 1 aromatic rings. The highest BCUT2D eigenvalue weighted by atomic mass is 32.2. The normalized spacial score (nSPS) is 25.0. The van der Waals surface area contributed by atoms with Crippen LogP contribution in [0, 0.1) is 0 Å². The van der Waals surface area contributed by atoms with E-state index in [0.717, 1.165) is 6.42 Å². The highest BCUT2D eigenvalue weighted by Crippen LogP contribution is 2.39. The van der Waals surface area contributed by atoms with Gasteiger partial charge in [0.05, 0.1) is 6.26 Å². The second kappa shape index (κ2) is 4.10. The van der Waals surface area contributed by atoms with Gasteiger partial charge in [0.1, 0.15) is 0 Å². The van der Waals surface area contributed by atoms with Crippen LogP contribution in [0.5, 0.6) is 0 Å². The van der Waals surface area contributed by atoms with Crippen LogP contribution in [0.3, 0.4) is 0 Å². The molecule has 1 atom stereocenters. The molecule has 0 aromatic heterocycles. The van der Waals surface area contributed by atoms with Crippen molar-refractivity contribution in [1.29, 1.82) is 0 Å². The highest BCUT2D eigenvalue weighted by molar-refractivity contribution is 7.88. The van der Waals surface area contributed by atoms with Crippen LogP contribution in [0.15, 0.2) is 30.3 Å². The van der Waals surface area contributed by atoms with Gasteiger partial charge in [-0.25, -0.2) is 8.42 Å². The maximum Gasteiger partial charge on any atom is 0.211 e. The van der Waals surface area contributed by atoms with Crippen LogP contribution < -0.4 is 0 Å². The van der Waals surface area contributed by atoms with Crippen molar-refractivity contribution in [1.82, 2.24) is 4.31 Å². The number of nitrogens with zero attached hydrogens (tertiary/aromatic N) is 1. The molecular formula is C13H19NO2S. The lowest BCUT2D eigenvalue weighted by atomic mass is 9.91. The van der Waals surface area contributed by atoms with Crippen molar-refractivity contribution in [3.63, 3.8) is 0 Å². The van der Waals surface area contributed by atoms with Gasteiger partial charge in [-0.05, 0) is 31.7 Å². The summed E-state index contributed by atoms with van der Waals surface area (Å²) in [5.41, 5.74) is 0.945. The summed E-state index contributed by atoms with van der Waals surface area (Å²) in [4.78, 5) is 0. The summed E-state index contributed by atoms with van der Waals surface area (Å²) in [6, 6.07) is 10.1. The van der Waals surface area contributed by atoms with Crippen LogP contribution >= 0.6 is 0 Å². The van der Waals surface area contributed by atoms with Crippen molar-refractivity contribution in [3.05, 3.63) is 35.9 Å². The van der Waals surface area contributed by atoms with E-state index < -0.39 is 10.0 Å². The Labute approximate surface area is 104 Å². The quantitative estimate of drug-likeness (QED) is 0.810. The topological polar surface area (TPSA) is 37.4 Å². The van der Waals surface area contributed by atoms with E-state index in [-0.39, 0.29) is 5.54 Å². The van der Waals surface area contributed by atoms with E-state index in [4.69, 9.17) is 0 Å². The molecule has 1 saturated heterocycles. The highest BCUT2D eigenvalue weighted by Gasteiger charge is 2.43. The van der Waals surface area contributed by atoms with Crippen molar-refractivity contribution in [3.8, 4) is 0 Å². The summed E-state index contributed by atoms with van der Waals surface area (Å²) >= 11 is 0. The zero-order valence-electron chi connectivity index (χ0n) is 10.6. The van der Waals surface area contributed by atoms with E-state index in [1.807, 2.05) is 32.0 Å². The van der Waals surface area contributed by atoms with Crippen LogP contribution in [0.25, 0.3) is 0 Å². The lowest BCUT2D eigenvalue weighted by Crippen LogP contribution is -2.41. The first-order chi connectivity index (χ1) is 7.81. The molecule has 1 unspecified atom stereocenters. The number of hydrogen-bond acceptors (Lipinski definition) is 2. The van der Waals surface area contributed by atoms with Gasteiger partial charge in [-0.1, -0.05) is 30.3 Å². The molecule has 1 aliphatic rings. The Balaban J connectivity index is 2.28. The molecule has 0 aliphatic carbocycles. The van der Waals surface area contributed by atoms with E-state index in [2.05, 4.69) is 12.1 Å². The van der Waals surface area contributed by atoms with Crippen molar-refractivity contribution in [2.45, 2.75) is 31.7 Å². The fourth-order valence-electron chi connectivity index (χ4n) is 2.75. The van der Waals surface area contributed by atoms with Crippen LogP contribution in [0.2, 0.25) is 0 Å². The molecule has 1 fully saturated rings. The predicted molar refractivity (Wildman–Crippen MR) is 69.4 cm³/mol. The van der Waals surface area contributed by atoms with E-state index >= 15 is 0 Å². The molecule has 3 nitrogen and oxygen atoms in total. The predicted octanol–water partition coefficient (Wildman–Crippen LogP) is 2.21. The molecule has 94 valence electrons. The maximum absolute atomic E-state index is 11.8. The van der Waals surface area contributed by atoms with E-state index in [9.17, 15) is 8.42 Å². The zero-order valence-corrected chi connectivity index (χ0v) is 11.4. The van der Waals surface area contributed by atoms with Gasteiger partial charge in [0, 0.05) is 12.1 Å². The average Bonchev–Trinajstić information content (AvgIpc) is 2.55. The number of rotatable bonds is 2. The summed E-state index contributed by atoms with van der Waals surface area (Å²) < 4.78 is 25.1. The number of hydrogen-bond donors (Lipinski definition) is 0. The molecule has 0 bridgehead atoms.